The van der Waals surface area contributed by atoms with Crippen LogP contribution in [-0.4, -0.2) is 27.6 Å². The van der Waals surface area contributed by atoms with Gasteiger partial charge in [-0.1, -0.05) is 19.9 Å². The third-order valence-corrected chi connectivity index (χ3v) is 3.58. The monoisotopic (exact) mass is 368 g/mol. The molecule has 0 aliphatic heterocycles. The zero-order chi connectivity index (χ0) is 19.5. The minimum atomic E-state index is -4.68. The molecule has 0 radical (unpaired) electrons. The summed E-state index contributed by atoms with van der Waals surface area (Å²) in [6.45, 7) is 5.43. The summed E-state index contributed by atoms with van der Waals surface area (Å²) < 4.78 is 39.1. The normalized spacial score (nSPS) is 11.5. The van der Waals surface area contributed by atoms with Gasteiger partial charge in [-0.15, -0.1) is 0 Å². The average molecular weight is 368 g/mol. The Kier molecular flexibility index (Phi) is 5.69. The fraction of sp³-hybridized carbons (Fsp3) is 0.353. The number of aromatic nitrogens is 2. The predicted molar refractivity (Wildman–Crippen MR) is 91.7 cm³/mol. The summed E-state index contributed by atoms with van der Waals surface area (Å²) in [6.07, 6.45) is -4.68. The van der Waals surface area contributed by atoms with Crippen molar-refractivity contribution in [2.45, 2.75) is 32.9 Å². The van der Waals surface area contributed by atoms with E-state index in [0.717, 1.165) is 17.2 Å². The number of halogens is 3. The number of benzene rings is 1. The first kappa shape index (κ1) is 19.5. The van der Waals surface area contributed by atoms with Crippen LogP contribution in [0.5, 0.6) is 0 Å². The van der Waals surface area contributed by atoms with Crippen molar-refractivity contribution in [1.29, 1.82) is 0 Å². The maximum atomic E-state index is 13.0. The molecule has 1 heterocycles. The van der Waals surface area contributed by atoms with Gasteiger partial charge in [0, 0.05) is 11.8 Å². The number of alkyl halides is 3. The molecular formula is C17H19F3N4O2. The molecule has 0 bridgehead atoms. The Labute approximate surface area is 148 Å². The first-order chi connectivity index (χ1) is 12.1. The van der Waals surface area contributed by atoms with Crippen molar-refractivity contribution in [2.75, 3.05) is 17.2 Å². The van der Waals surface area contributed by atoms with E-state index in [1.54, 1.807) is 6.07 Å². The number of anilines is 3. The quantitative estimate of drug-likeness (QED) is 0.709. The molecule has 6 nitrogen and oxygen atoms in total. The highest BCUT2D eigenvalue weighted by Gasteiger charge is 2.33. The number of hydrogen-bond acceptors (Lipinski definition) is 5. The number of rotatable bonds is 6. The second kappa shape index (κ2) is 7.59. The van der Waals surface area contributed by atoms with Gasteiger partial charge in [0.2, 0.25) is 5.95 Å². The van der Waals surface area contributed by atoms with Gasteiger partial charge in [0.05, 0.1) is 0 Å². The molecule has 1 aromatic heterocycles. The van der Waals surface area contributed by atoms with Crippen LogP contribution in [0.2, 0.25) is 0 Å². The van der Waals surface area contributed by atoms with Gasteiger partial charge >= 0.3 is 12.1 Å². The summed E-state index contributed by atoms with van der Waals surface area (Å²) in [5.74, 6) is -1.41. The Bertz CT molecular complexity index is 807. The van der Waals surface area contributed by atoms with Gasteiger partial charge in [0.15, 0.2) is 5.69 Å². The summed E-state index contributed by atoms with van der Waals surface area (Å²) in [7, 11) is 0. The van der Waals surface area contributed by atoms with Crippen LogP contribution in [0.15, 0.2) is 24.3 Å². The van der Waals surface area contributed by atoms with Gasteiger partial charge in [0.25, 0.3) is 0 Å². The van der Waals surface area contributed by atoms with Crippen LogP contribution in [0.25, 0.3) is 0 Å². The lowest BCUT2D eigenvalue weighted by molar-refractivity contribution is -0.141. The predicted octanol–water partition coefficient (Wildman–Crippen LogP) is 4.17. The second-order valence-electron chi connectivity index (χ2n) is 6.06. The highest BCUT2D eigenvalue weighted by Crippen LogP contribution is 2.31. The Morgan fingerprint density at radius 2 is 1.92 bits per heavy atom. The van der Waals surface area contributed by atoms with Crippen molar-refractivity contribution < 1.29 is 23.1 Å². The van der Waals surface area contributed by atoms with E-state index in [9.17, 15) is 18.0 Å². The van der Waals surface area contributed by atoms with Crippen molar-refractivity contribution in [2.24, 2.45) is 0 Å². The first-order valence-electron chi connectivity index (χ1n) is 7.85. The fourth-order valence-corrected chi connectivity index (χ4v) is 2.44. The number of carboxylic acids is 1. The molecule has 9 heteroatoms. The Morgan fingerprint density at radius 1 is 1.23 bits per heavy atom. The third kappa shape index (κ3) is 5.08. The molecular weight excluding hydrogens is 349 g/mol. The van der Waals surface area contributed by atoms with E-state index in [1.165, 1.54) is 0 Å². The summed E-state index contributed by atoms with van der Waals surface area (Å²) in [5, 5.41) is 13.7. The topological polar surface area (TPSA) is 87.1 Å². The SMILES string of the molecule is Cc1cc(Nc2cc(C(F)(F)F)nc(NCC(=O)O)n2)ccc1C(C)C. The van der Waals surface area contributed by atoms with E-state index < -0.39 is 30.3 Å². The van der Waals surface area contributed by atoms with E-state index >= 15 is 0 Å². The Hall–Kier alpha value is -2.84. The summed E-state index contributed by atoms with van der Waals surface area (Å²) in [5.41, 5.74) is 1.54. The summed E-state index contributed by atoms with van der Waals surface area (Å²) in [4.78, 5) is 17.8. The summed E-state index contributed by atoms with van der Waals surface area (Å²) in [6, 6.07) is 6.24. The van der Waals surface area contributed by atoms with E-state index in [2.05, 4.69) is 34.4 Å². The molecule has 0 spiro atoms. The maximum absolute atomic E-state index is 13.0. The van der Waals surface area contributed by atoms with Crippen molar-refractivity contribution in [3.8, 4) is 0 Å². The van der Waals surface area contributed by atoms with Crippen LogP contribution < -0.4 is 10.6 Å². The number of hydrogen-bond donors (Lipinski definition) is 3. The van der Waals surface area contributed by atoms with Gasteiger partial charge in [0.1, 0.15) is 12.4 Å². The minimum absolute atomic E-state index is 0.0862. The van der Waals surface area contributed by atoms with Gasteiger partial charge in [-0.3, -0.25) is 4.79 Å². The number of nitrogens with one attached hydrogen (secondary N) is 2. The molecule has 0 unspecified atom stereocenters. The van der Waals surface area contributed by atoms with Crippen LogP contribution in [-0.2, 0) is 11.0 Å². The first-order valence-corrected chi connectivity index (χ1v) is 7.85. The number of aryl methyl sites for hydroxylation is 1. The highest BCUT2D eigenvalue weighted by molar-refractivity contribution is 5.72. The molecule has 3 N–H and O–H groups in total. The smallest absolute Gasteiger partial charge is 0.433 e. The Balaban J connectivity index is 2.34. The lowest BCUT2D eigenvalue weighted by atomic mass is 9.98. The van der Waals surface area contributed by atoms with Crippen LogP contribution >= 0.6 is 0 Å². The maximum Gasteiger partial charge on any atom is 0.433 e. The molecule has 140 valence electrons. The molecule has 2 aromatic rings. The molecule has 0 amide bonds. The van der Waals surface area contributed by atoms with Crippen LogP contribution in [0.3, 0.4) is 0 Å². The van der Waals surface area contributed by atoms with Gasteiger partial charge in [-0.05, 0) is 36.1 Å². The molecule has 0 aliphatic rings. The molecule has 2 rings (SSSR count). The fourth-order valence-electron chi connectivity index (χ4n) is 2.44. The lowest BCUT2D eigenvalue weighted by Gasteiger charge is -2.14. The zero-order valence-electron chi connectivity index (χ0n) is 14.5. The minimum Gasteiger partial charge on any atom is -0.480 e. The third-order valence-electron chi connectivity index (χ3n) is 3.58. The van der Waals surface area contributed by atoms with Crippen molar-refractivity contribution >= 4 is 23.4 Å². The van der Waals surface area contributed by atoms with Crippen molar-refractivity contribution in [3.63, 3.8) is 0 Å². The molecule has 0 aliphatic carbocycles. The number of aliphatic carboxylic acids is 1. The van der Waals surface area contributed by atoms with Crippen molar-refractivity contribution in [3.05, 3.63) is 41.1 Å². The van der Waals surface area contributed by atoms with E-state index in [1.807, 2.05) is 19.1 Å². The average Bonchev–Trinajstić information content (AvgIpc) is 2.51. The zero-order valence-corrected chi connectivity index (χ0v) is 14.5. The van der Waals surface area contributed by atoms with Crippen LogP contribution in [0, 0.1) is 6.92 Å². The van der Waals surface area contributed by atoms with E-state index in [-0.39, 0.29) is 5.82 Å². The molecule has 0 saturated heterocycles. The van der Waals surface area contributed by atoms with Gasteiger partial charge < -0.3 is 15.7 Å². The Morgan fingerprint density at radius 3 is 2.46 bits per heavy atom. The molecule has 0 saturated carbocycles. The lowest BCUT2D eigenvalue weighted by Crippen LogP contribution is -2.17. The van der Waals surface area contributed by atoms with E-state index in [0.29, 0.717) is 11.6 Å². The van der Waals surface area contributed by atoms with Gasteiger partial charge in [-0.25, -0.2) is 4.98 Å². The molecule has 0 fully saturated rings. The molecule has 1 aromatic carbocycles. The number of nitrogens with zero attached hydrogens (tertiary/aromatic N) is 2. The van der Waals surface area contributed by atoms with E-state index in [4.69, 9.17) is 5.11 Å². The van der Waals surface area contributed by atoms with Crippen LogP contribution in [0.1, 0.15) is 36.6 Å². The van der Waals surface area contributed by atoms with Crippen molar-refractivity contribution in [1.82, 2.24) is 9.97 Å². The largest absolute Gasteiger partial charge is 0.480 e. The second-order valence-corrected chi connectivity index (χ2v) is 6.06. The highest BCUT2D eigenvalue weighted by atomic mass is 19.4. The summed E-state index contributed by atoms with van der Waals surface area (Å²) >= 11 is 0. The molecule has 26 heavy (non-hydrogen) atoms. The number of carbonyl (C=O) groups is 1. The van der Waals surface area contributed by atoms with Crippen LogP contribution in [0.4, 0.5) is 30.6 Å². The standard InChI is InChI=1S/C17H19F3N4O2/c1-9(2)12-5-4-11(6-10(12)3)22-14-7-13(17(18,19)20)23-16(24-14)21-8-15(25)26/h4-7,9H,8H2,1-3H3,(H,25,26)(H2,21,22,23,24). The number of carboxylic acid groups (broad SMARTS) is 1. The van der Waals surface area contributed by atoms with Gasteiger partial charge in [-0.2, -0.15) is 18.2 Å². The molecule has 0 atom stereocenters.